The highest BCUT2D eigenvalue weighted by molar-refractivity contribution is 6.32. The maximum atomic E-state index is 10.6. The van der Waals surface area contributed by atoms with E-state index in [2.05, 4.69) is 11.9 Å². The van der Waals surface area contributed by atoms with Crippen molar-refractivity contribution in [3.63, 3.8) is 0 Å². The summed E-state index contributed by atoms with van der Waals surface area (Å²) in [6.07, 6.45) is 1.64. The van der Waals surface area contributed by atoms with E-state index in [1.165, 1.54) is 0 Å². The van der Waals surface area contributed by atoms with Gasteiger partial charge in [-0.2, -0.15) is 0 Å². The highest BCUT2D eigenvalue weighted by atomic mass is 35.5. The van der Waals surface area contributed by atoms with Crippen molar-refractivity contribution in [2.45, 2.75) is 19.5 Å². The lowest BCUT2D eigenvalue weighted by atomic mass is 10.2. The molecular formula is C13H16ClNO3. The van der Waals surface area contributed by atoms with Crippen LogP contribution < -0.4 is 10.1 Å². The third kappa shape index (κ3) is 4.39. The van der Waals surface area contributed by atoms with Crippen LogP contribution in [-0.4, -0.2) is 23.7 Å². The molecule has 0 aliphatic rings. The fourth-order valence-electron chi connectivity index (χ4n) is 1.28. The van der Waals surface area contributed by atoms with E-state index >= 15 is 0 Å². The summed E-state index contributed by atoms with van der Waals surface area (Å²) in [4.78, 5) is 10.6. The Balaban J connectivity index is 2.61. The minimum absolute atomic E-state index is 0.396. The number of ether oxygens (including phenoxy) is 1. The van der Waals surface area contributed by atoms with Gasteiger partial charge in [0.05, 0.1) is 5.02 Å². The second kappa shape index (κ2) is 7.03. The molecule has 0 fully saturated rings. The van der Waals surface area contributed by atoms with Gasteiger partial charge in [-0.25, -0.2) is 0 Å². The Morgan fingerprint density at radius 2 is 2.39 bits per heavy atom. The van der Waals surface area contributed by atoms with Gasteiger partial charge in [0.25, 0.3) is 0 Å². The Kier molecular flexibility index (Phi) is 5.68. The van der Waals surface area contributed by atoms with E-state index in [0.29, 0.717) is 23.9 Å². The molecule has 0 bridgehead atoms. The van der Waals surface area contributed by atoms with E-state index in [0.717, 1.165) is 5.56 Å². The quantitative estimate of drug-likeness (QED) is 0.747. The highest BCUT2D eigenvalue weighted by Gasteiger charge is 2.10. The third-order valence-corrected chi connectivity index (χ3v) is 2.63. The van der Waals surface area contributed by atoms with Gasteiger partial charge in [0.15, 0.2) is 0 Å². The van der Waals surface area contributed by atoms with Crippen LogP contribution in [0.15, 0.2) is 30.9 Å². The van der Waals surface area contributed by atoms with Crippen LogP contribution in [0.25, 0.3) is 0 Å². The van der Waals surface area contributed by atoms with Crippen LogP contribution in [0.1, 0.15) is 12.5 Å². The first-order valence-corrected chi connectivity index (χ1v) is 5.90. The van der Waals surface area contributed by atoms with Crippen LogP contribution in [0.4, 0.5) is 0 Å². The van der Waals surface area contributed by atoms with Crippen LogP contribution >= 0.6 is 11.6 Å². The Labute approximate surface area is 111 Å². The summed E-state index contributed by atoms with van der Waals surface area (Å²) < 4.78 is 5.34. The molecule has 0 aliphatic heterocycles. The average molecular weight is 270 g/mol. The number of hydrogen-bond acceptors (Lipinski definition) is 3. The molecule has 0 aliphatic carbocycles. The zero-order valence-corrected chi connectivity index (χ0v) is 10.9. The number of carboxylic acids is 1. The Hall–Kier alpha value is -1.52. The van der Waals surface area contributed by atoms with Crippen LogP contribution in [-0.2, 0) is 11.3 Å². The summed E-state index contributed by atoms with van der Waals surface area (Å²) in [6.45, 7) is 5.98. The predicted octanol–water partition coefficient (Wildman–Crippen LogP) is 2.47. The van der Waals surface area contributed by atoms with Gasteiger partial charge in [0.1, 0.15) is 18.4 Å². The lowest BCUT2D eigenvalue weighted by molar-refractivity contribution is -0.139. The zero-order valence-electron chi connectivity index (χ0n) is 10.1. The lowest BCUT2D eigenvalue weighted by Gasteiger charge is -2.11. The van der Waals surface area contributed by atoms with Gasteiger partial charge in [0, 0.05) is 6.54 Å². The molecule has 2 N–H and O–H groups in total. The molecule has 18 heavy (non-hydrogen) atoms. The van der Waals surface area contributed by atoms with E-state index in [1.54, 1.807) is 25.1 Å². The van der Waals surface area contributed by atoms with Gasteiger partial charge < -0.3 is 15.2 Å². The molecule has 1 rings (SSSR count). The van der Waals surface area contributed by atoms with E-state index in [9.17, 15) is 4.79 Å². The van der Waals surface area contributed by atoms with E-state index < -0.39 is 12.0 Å². The SMILES string of the molecule is C=CCOc1ccc(CNC(C)C(=O)O)cc1Cl. The molecule has 0 saturated carbocycles. The molecule has 0 spiro atoms. The molecule has 4 nitrogen and oxygen atoms in total. The summed E-state index contributed by atoms with van der Waals surface area (Å²) in [7, 11) is 0. The Morgan fingerprint density at radius 1 is 1.67 bits per heavy atom. The molecule has 1 aromatic carbocycles. The van der Waals surface area contributed by atoms with E-state index in [1.807, 2.05) is 6.07 Å². The summed E-state index contributed by atoms with van der Waals surface area (Å²) in [6, 6.07) is 4.75. The first-order valence-electron chi connectivity index (χ1n) is 5.53. The van der Waals surface area contributed by atoms with Crippen molar-refractivity contribution >= 4 is 17.6 Å². The van der Waals surface area contributed by atoms with Crippen molar-refractivity contribution in [1.29, 1.82) is 0 Å². The molecule has 98 valence electrons. The van der Waals surface area contributed by atoms with Crippen LogP contribution in [0.5, 0.6) is 5.75 Å². The van der Waals surface area contributed by atoms with Crippen molar-refractivity contribution in [1.82, 2.24) is 5.32 Å². The van der Waals surface area contributed by atoms with Gasteiger partial charge >= 0.3 is 5.97 Å². The molecule has 0 radical (unpaired) electrons. The van der Waals surface area contributed by atoms with Crippen molar-refractivity contribution in [3.8, 4) is 5.75 Å². The monoisotopic (exact) mass is 269 g/mol. The fourth-order valence-corrected chi connectivity index (χ4v) is 1.54. The summed E-state index contributed by atoms with van der Waals surface area (Å²) in [5.41, 5.74) is 0.902. The number of hydrogen-bond donors (Lipinski definition) is 2. The zero-order chi connectivity index (χ0) is 13.5. The van der Waals surface area contributed by atoms with Gasteiger partial charge in [0.2, 0.25) is 0 Å². The molecule has 0 heterocycles. The van der Waals surface area contributed by atoms with Gasteiger partial charge in [-0.3, -0.25) is 4.79 Å². The number of halogens is 1. The molecule has 5 heteroatoms. The molecule has 1 aromatic rings. The summed E-state index contributed by atoms with van der Waals surface area (Å²) in [5, 5.41) is 12.1. The average Bonchev–Trinajstić information content (AvgIpc) is 2.34. The lowest BCUT2D eigenvalue weighted by Crippen LogP contribution is -2.33. The minimum Gasteiger partial charge on any atom is -0.488 e. The van der Waals surface area contributed by atoms with Crippen molar-refractivity contribution in [2.24, 2.45) is 0 Å². The minimum atomic E-state index is -0.882. The standard InChI is InChI=1S/C13H16ClNO3/c1-3-6-18-12-5-4-10(7-11(12)14)8-15-9(2)13(16)17/h3-5,7,9,15H,1,6,8H2,2H3,(H,16,17). The second-order valence-electron chi connectivity index (χ2n) is 3.81. The van der Waals surface area contributed by atoms with Crippen molar-refractivity contribution < 1.29 is 14.6 Å². The number of benzene rings is 1. The second-order valence-corrected chi connectivity index (χ2v) is 4.21. The largest absolute Gasteiger partial charge is 0.488 e. The number of aliphatic carboxylic acids is 1. The first-order chi connectivity index (χ1) is 8.54. The third-order valence-electron chi connectivity index (χ3n) is 2.34. The van der Waals surface area contributed by atoms with Gasteiger partial charge in [-0.05, 0) is 24.6 Å². The maximum Gasteiger partial charge on any atom is 0.320 e. The first kappa shape index (κ1) is 14.5. The normalized spacial score (nSPS) is 11.9. The number of rotatable bonds is 7. The number of carbonyl (C=O) groups is 1. The van der Waals surface area contributed by atoms with E-state index in [-0.39, 0.29) is 0 Å². The highest BCUT2D eigenvalue weighted by Crippen LogP contribution is 2.25. The maximum absolute atomic E-state index is 10.6. The number of nitrogens with one attached hydrogen (secondary N) is 1. The summed E-state index contributed by atoms with van der Waals surface area (Å²) >= 11 is 6.04. The Bertz CT molecular complexity index is 434. The molecule has 1 atom stereocenters. The molecule has 0 aromatic heterocycles. The summed E-state index contributed by atoms with van der Waals surface area (Å²) in [5.74, 6) is -0.293. The van der Waals surface area contributed by atoms with Crippen molar-refractivity contribution in [3.05, 3.63) is 41.4 Å². The fraction of sp³-hybridized carbons (Fsp3) is 0.308. The molecular weight excluding hydrogens is 254 g/mol. The molecule has 0 saturated heterocycles. The van der Waals surface area contributed by atoms with Gasteiger partial charge in [-0.15, -0.1) is 0 Å². The van der Waals surface area contributed by atoms with Gasteiger partial charge in [-0.1, -0.05) is 30.3 Å². The Morgan fingerprint density at radius 3 is 2.94 bits per heavy atom. The van der Waals surface area contributed by atoms with Crippen LogP contribution in [0, 0.1) is 0 Å². The van der Waals surface area contributed by atoms with Crippen molar-refractivity contribution in [2.75, 3.05) is 6.61 Å². The van der Waals surface area contributed by atoms with Crippen LogP contribution in [0.2, 0.25) is 5.02 Å². The number of carboxylic acid groups (broad SMARTS) is 1. The smallest absolute Gasteiger partial charge is 0.320 e. The molecule has 1 unspecified atom stereocenters. The molecule has 0 amide bonds. The van der Waals surface area contributed by atoms with E-state index in [4.69, 9.17) is 21.4 Å². The predicted molar refractivity (Wildman–Crippen MR) is 71.1 cm³/mol. The van der Waals surface area contributed by atoms with Crippen LogP contribution in [0.3, 0.4) is 0 Å². The topological polar surface area (TPSA) is 58.6 Å².